The van der Waals surface area contributed by atoms with Gasteiger partial charge in [-0.05, 0) is 12.1 Å². The van der Waals surface area contributed by atoms with E-state index in [4.69, 9.17) is 5.11 Å². The zero-order valence-electron chi connectivity index (χ0n) is 10.2. The topological polar surface area (TPSA) is 83.7 Å². The van der Waals surface area contributed by atoms with Gasteiger partial charge in [0.1, 0.15) is 17.3 Å². The van der Waals surface area contributed by atoms with Crippen LogP contribution in [-0.4, -0.2) is 39.5 Å². The Labute approximate surface area is 111 Å². The summed E-state index contributed by atoms with van der Waals surface area (Å²) in [7, 11) is 0. The minimum Gasteiger partial charge on any atom is -0.385 e. The number of carbonyl (C=O) groups is 1. The Morgan fingerprint density at radius 2 is 2.20 bits per heavy atom. The minimum atomic E-state index is -2.97. The van der Waals surface area contributed by atoms with Crippen molar-refractivity contribution in [3.63, 3.8) is 0 Å². The van der Waals surface area contributed by atoms with E-state index in [2.05, 4.69) is 10.3 Å². The van der Waals surface area contributed by atoms with E-state index >= 15 is 0 Å². The van der Waals surface area contributed by atoms with Gasteiger partial charge in [0, 0.05) is 18.9 Å². The molecule has 0 aromatic carbocycles. The van der Waals surface area contributed by atoms with Crippen molar-refractivity contribution in [1.82, 2.24) is 14.7 Å². The van der Waals surface area contributed by atoms with Crippen LogP contribution in [0.15, 0.2) is 35.4 Å². The molecule has 0 aliphatic carbocycles. The predicted molar refractivity (Wildman–Crippen MR) is 65.8 cm³/mol. The largest absolute Gasteiger partial charge is 0.385 e. The lowest BCUT2D eigenvalue weighted by Gasteiger charge is -2.10. The number of carbonyl (C=O) groups excluding carboxylic acids is 1. The Morgan fingerprint density at radius 3 is 2.90 bits per heavy atom. The van der Waals surface area contributed by atoms with E-state index < -0.39 is 30.5 Å². The lowest BCUT2D eigenvalue weighted by atomic mass is 10.3. The maximum Gasteiger partial charge on any atom is 0.270 e. The molecule has 8 heteroatoms. The first kappa shape index (κ1) is 14.1. The van der Waals surface area contributed by atoms with Crippen LogP contribution in [0.4, 0.5) is 8.78 Å². The number of nitrogens with one attached hydrogen (secondary N) is 1. The van der Waals surface area contributed by atoms with Crippen molar-refractivity contribution in [3.05, 3.63) is 46.5 Å². The highest BCUT2D eigenvalue weighted by molar-refractivity contribution is 5.93. The number of nitrogens with zero attached hydrogens (tertiary/aromatic N) is 2. The monoisotopic (exact) mass is 283 g/mol. The molecule has 0 bridgehead atoms. The molecule has 1 unspecified atom stereocenters. The summed E-state index contributed by atoms with van der Waals surface area (Å²) in [5, 5.41) is 11.0. The first-order chi connectivity index (χ1) is 9.50. The Bertz CT molecular complexity index is 687. The van der Waals surface area contributed by atoms with Crippen LogP contribution < -0.4 is 10.9 Å². The van der Waals surface area contributed by atoms with Gasteiger partial charge in [-0.3, -0.25) is 14.0 Å². The van der Waals surface area contributed by atoms with Gasteiger partial charge in [0.25, 0.3) is 17.9 Å². The fourth-order valence-corrected chi connectivity index (χ4v) is 1.56. The second-order valence-corrected chi connectivity index (χ2v) is 4.02. The highest BCUT2D eigenvalue weighted by Crippen LogP contribution is 2.00. The van der Waals surface area contributed by atoms with Crippen molar-refractivity contribution in [2.24, 2.45) is 0 Å². The molecule has 2 rings (SSSR count). The van der Waals surface area contributed by atoms with Gasteiger partial charge in [0.05, 0.1) is 0 Å². The molecule has 2 aromatic rings. The molecule has 2 aromatic heterocycles. The number of aromatic nitrogens is 2. The van der Waals surface area contributed by atoms with Crippen molar-refractivity contribution in [2.75, 3.05) is 6.54 Å². The number of alkyl halides is 2. The minimum absolute atomic E-state index is 0.282. The third-order valence-electron chi connectivity index (χ3n) is 2.62. The van der Waals surface area contributed by atoms with Crippen LogP contribution in [0.1, 0.15) is 10.4 Å². The maximum absolute atomic E-state index is 12.1. The predicted octanol–water partition coefficient (Wildman–Crippen LogP) is 0.0503. The lowest BCUT2D eigenvalue weighted by molar-refractivity contribution is -0.00271. The molecule has 0 spiro atoms. The van der Waals surface area contributed by atoms with Gasteiger partial charge in [-0.2, -0.15) is 0 Å². The fourth-order valence-electron chi connectivity index (χ4n) is 1.56. The Balaban J connectivity index is 2.23. The maximum atomic E-state index is 12.1. The first-order valence-electron chi connectivity index (χ1n) is 5.71. The number of halogens is 2. The molecule has 2 heterocycles. The second-order valence-electron chi connectivity index (χ2n) is 4.02. The summed E-state index contributed by atoms with van der Waals surface area (Å²) in [6, 6.07) is 4.86. The van der Waals surface area contributed by atoms with Crippen molar-refractivity contribution >= 4 is 11.6 Å². The summed E-state index contributed by atoms with van der Waals surface area (Å²) in [5.41, 5.74) is -0.531. The quantitative estimate of drug-likeness (QED) is 0.830. The summed E-state index contributed by atoms with van der Waals surface area (Å²) in [5.74, 6) is -0.861. The molecule has 0 aliphatic rings. The number of amides is 1. The van der Waals surface area contributed by atoms with Crippen LogP contribution >= 0.6 is 0 Å². The summed E-state index contributed by atoms with van der Waals surface area (Å²) in [6.45, 7) is -0.645. The Kier molecular flexibility index (Phi) is 4.04. The van der Waals surface area contributed by atoms with Crippen LogP contribution in [0.25, 0.3) is 5.65 Å². The number of rotatable bonds is 4. The highest BCUT2D eigenvalue weighted by Gasteiger charge is 2.19. The number of pyridine rings is 1. The van der Waals surface area contributed by atoms with Crippen molar-refractivity contribution in [1.29, 1.82) is 0 Å². The zero-order chi connectivity index (χ0) is 14.7. The normalized spacial score (nSPS) is 12.6. The molecule has 2 N–H and O–H groups in total. The number of aliphatic hydroxyl groups excluding tert-OH is 1. The van der Waals surface area contributed by atoms with Crippen LogP contribution in [0.5, 0.6) is 0 Å². The van der Waals surface area contributed by atoms with E-state index in [0.29, 0.717) is 5.65 Å². The smallest absolute Gasteiger partial charge is 0.270 e. The van der Waals surface area contributed by atoms with E-state index in [-0.39, 0.29) is 5.56 Å². The number of fused-ring (bicyclic) bond motifs is 1. The fraction of sp³-hybridized carbons (Fsp3) is 0.250. The molecule has 0 aliphatic heterocycles. The van der Waals surface area contributed by atoms with Crippen LogP contribution in [0, 0.1) is 0 Å². The second kappa shape index (κ2) is 5.74. The Hall–Kier alpha value is -2.35. The molecule has 0 saturated carbocycles. The van der Waals surface area contributed by atoms with E-state index in [1.807, 2.05) is 0 Å². The van der Waals surface area contributed by atoms with Gasteiger partial charge >= 0.3 is 0 Å². The van der Waals surface area contributed by atoms with Crippen molar-refractivity contribution < 1.29 is 18.7 Å². The summed E-state index contributed by atoms with van der Waals surface area (Å²) >= 11 is 0. The summed E-state index contributed by atoms with van der Waals surface area (Å²) in [6.07, 6.45) is -2.43. The molecule has 20 heavy (non-hydrogen) atoms. The van der Waals surface area contributed by atoms with Crippen molar-refractivity contribution in [3.8, 4) is 0 Å². The van der Waals surface area contributed by atoms with Crippen LogP contribution in [-0.2, 0) is 0 Å². The molecule has 1 amide bonds. The van der Waals surface area contributed by atoms with E-state index in [9.17, 15) is 18.4 Å². The SMILES string of the molecule is O=C(NCC(O)C(F)F)c1cnc2ccccn2c1=O. The Morgan fingerprint density at radius 1 is 1.45 bits per heavy atom. The van der Waals surface area contributed by atoms with E-state index in [1.165, 1.54) is 10.6 Å². The van der Waals surface area contributed by atoms with E-state index in [1.54, 1.807) is 18.2 Å². The zero-order valence-corrected chi connectivity index (χ0v) is 10.2. The number of aliphatic hydroxyl groups is 1. The van der Waals surface area contributed by atoms with Crippen LogP contribution in [0.3, 0.4) is 0 Å². The average molecular weight is 283 g/mol. The van der Waals surface area contributed by atoms with Gasteiger partial charge in [-0.25, -0.2) is 13.8 Å². The summed E-state index contributed by atoms with van der Waals surface area (Å²) in [4.78, 5) is 27.6. The molecule has 0 fully saturated rings. The standard InChI is InChI=1S/C12H11F2N3O3/c13-10(14)8(18)6-16-11(19)7-5-15-9-3-1-2-4-17(9)12(7)20/h1-5,8,10,18H,6H2,(H,16,19). The summed E-state index contributed by atoms with van der Waals surface area (Å²) < 4.78 is 25.3. The first-order valence-corrected chi connectivity index (χ1v) is 5.71. The number of hydrogen-bond acceptors (Lipinski definition) is 4. The molecule has 1 atom stereocenters. The van der Waals surface area contributed by atoms with Gasteiger partial charge in [0.2, 0.25) is 0 Å². The average Bonchev–Trinajstić information content (AvgIpc) is 2.45. The molecule has 6 nitrogen and oxygen atoms in total. The highest BCUT2D eigenvalue weighted by atomic mass is 19.3. The third kappa shape index (κ3) is 2.80. The van der Waals surface area contributed by atoms with Gasteiger partial charge in [0.15, 0.2) is 0 Å². The van der Waals surface area contributed by atoms with Crippen molar-refractivity contribution in [2.45, 2.75) is 12.5 Å². The lowest BCUT2D eigenvalue weighted by Crippen LogP contribution is -2.38. The van der Waals surface area contributed by atoms with Gasteiger partial charge in [-0.15, -0.1) is 0 Å². The van der Waals surface area contributed by atoms with E-state index in [0.717, 1.165) is 6.20 Å². The van der Waals surface area contributed by atoms with Crippen LogP contribution in [0.2, 0.25) is 0 Å². The number of hydrogen-bond donors (Lipinski definition) is 2. The molecule has 0 radical (unpaired) electrons. The van der Waals surface area contributed by atoms with Gasteiger partial charge < -0.3 is 10.4 Å². The molecular formula is C12H11F2N3O3. The molecular weight excluding hydrogens is 272 g/mol. The molecule has 106 valence electrons. The van der Waals surface area contributed by atoms with Gasteiger partial charge in [-0.1, -0.05) is 6.07 Å². The molecule has 0 saturated heterocycles. The third-order valence-corrected chi connectivity index (χ3v) is 2.62.